The zero-order chi connectivity index (χ0) is 17.1. The van der Waals surface area contributed by atoms with Gasteiger partial charge in [0.15, 0.2) is 17.8 Å². The second-order valence-corrected chi connectivity index (χ2v) is 5.81. The molecular formula is C21H18N4. The lowest BCUT2D eigenvalue weighted by Gasteiger charge is -2.31. The lowest BCUT2D eigenvalue weighted by molar-refractivity contribution is 0.333. The average Bonchev–Trinajstić information content (AvgIpc) is 2.70. The van der Waals surface area contributed by atoms with Gasteiger partial charge >= 0.3 is 0 Å². The molecule has 3 aromatic rings. The molecule has 1 heterocycles. The third-order valence-electron chi connectivity index (χ3n) is 4.13. The zero-order valence-corrected chi connectivity index (χ0v) is 13.7. The van der Waals surface area contributed by atoms with E-state index in [2.05, 4.69) is 0 Å². The van der Waals surface area contributed by atoms with E-state index in [4.69, 9.17) is 15.8 Å². The topological polar surface area (TPSA) is 54.0 Å². The molecule has 1 unspecified atom stereocenters. The minimum atomic E-state index is -0.316. The van der Waals surface area contributed by atoms with Crippen LogP contribution in [0.3, 0.4) is 0 Å². The smallest absolute Gasteiger partial charge is 0.164 e. The van der Waals surface area contributed by atoms with Crippen LogP contribution in [0.1, 0.15) is 22.9 Å². The first kappa shape index (κ1) is 15.3. The number of hydrogen-bond acceptors (Lipinski definition) is 4. The van der Waals surface area contributed by atoms with Gasteiger partial charge in [0, 0.05) is 11.1 Å². The predicted octanol–water partition coefficient (Wildman–Crippen LogP) is 3.77. The van der Waals surface area contributed by atoms with E-state index in [1.54, 1.807) is 5.01 Å². The van der Waals surface area contributed by atoms with Crippen LogP contribution in [0, 0.1) is 0 Å². The molecule has 4 rings (SSSR count). The van der Waals surface area contributed by atoms with Gasteiger partial charge in [-0.05, 0) is 5.56 Å². The van der Waals surface area contributed by atoms with Gasteiger partial charge in [0.05, 0.1) is 0 Å². The number of amidine groups is 2. The Morgan fingerprint density at radius 1 is 0.680 bits per heavy atom. The van der Waals surface area contributed by atoms with E-state index in [1.807, 2.05) is 91.0 Å². The molecule has 0 aliphatic carbocycles. The summed E-state index contributed by atoms with van der Waals surface area (Å²) in [7, 11) is 0. The summed E-state index contributed by atoms with van der Waals surface area (Å²) < 4.78 is 0. The Labute approximate surface area is 146 Å². The lowest BCUT2D eigenvalue weighted by Crippen LogP contribution is -2.43. The fourth-order valence-corrected chi connectivity index (χ4v) is 2.87. The largest absolute Gasteiger partial charge is 0.265 e. The lowest BCUT2D eigenvalue weighted by atomic mass is 10.1. The Hall–Kier alpha value is -3.24. The van der Waals surface area contributed by atoms with E-state index in [1.165, 1.54) is 0 Å². The number of benzene rings is 3. The molecule has 0 aromatic heterocycles. The van der Waals surface area contributed by atoms with E-state index in [0.29, 0.717) is 11.7 Å². The summed E-state index contributed by atoms with van der Waals surface area (Å²) in [6, 6.07) is 30.0. The van der Waals surface area contributed by atoms with Crippen LogP contribution in [0.5, 0.6) is 0 Å². The Morgan fingerprint density at radius 2 is 1.20 bits per heavy atom. The standard InChI is InChI=1S/C21H18N4/c22-25-20(17-12-6-2-7-13-17)23-19(16-10-4-1-5-11-16)24-21(25)18-14-8-3-9-15-18/h1-15,20H,22H2. The van der Waals surface area contributed by atoms with Crippen molar-refractivity contribution in [2.75, 3.05) is 0 Å². The van der Waals surface area contributed by atoms with Crippen molar-refractivity contribution in [2.45, 2.75) is 6.17 Å². The van der Waals surface area contributed by atoms with Crippen molar-refractivity contribution in [1.29, 1.82) is 0 Å². The van der Waals surface area contributed by atoms with Gasteiger partial charge in [-0.1, -0.05) is 91.0 Å². The Bertz CT molecular complexity index is 902. The Balaban J connectivity index is 1.84. The molecule has 1 aliphatic rings. The summed E-state index contributed by atoms with van der Waals surface area (Å²) in [4.78, 5) is 9.56. The van der Waals surface area contributed by atoms with Crippen LogP contribution in [0.15, 0.2) is 101 Å². The molecule has 0 spiro atoms. The van der Waals surface area contributed by atoms with Crippen molar-refractivity contribution in [2.24, 2.45) is 15.8 Å². The number of hydrogen-bond donors (Lipinski definition) is 1. The van der Waals surface area contributed by atoms with Gasteiger partial charge in [-0.25, -0.2) is 15.8 Å². The van der Waals surface area contributed by atoms with Crippen molar-refractivity contribution in [1.82, 2.24) is 5.01 Å². The maximum Gasteiger partial charge on any atom is 0.164 e. The second-order valence-electron chi connectivity index (χ2n) is 5.81. The van der Waals surface area contributed by atoms with E-state index in [0.717, 1.165) is 16.7 Å². The molecule has 2 N–H and O–H groups in total. The molecule has 122 valence electrons. The monoisotopic (exact) mass is 326 g/mol. The van der Waals surface area contributed by atoms with Crippen LogP contribution in [0.25, 0.3) is 0 Å². The van der Waals surface area contributed by atoms with Crippen molar-refractivity contribution < 1.29 is 0 Å². The quantitative estimate of drug-likeness (QED) is 0.745. The first-order valence-electron chi connectivity index (χ1n) is 8.19. The molecule has 1 aliphatic heterocycles. The summed E-state index contributed by atoms with van der Waals surface area (Å²) in [5.41, 5.74) is 2.97. The SMILES string of the molecule is NN1C(c2ccccc2)=NC(c2ccccc2)=NC1c1ccccc1. The van der Waals surface area contributed by atoms with Crippen LogP contribution in [-0.2, 0) is 0 Å². The van der Waals surface area contributed by atoms with Crippen LogP contribution >= 0.6 is 0 Å². The van der Waals surface area contributed by atoms with Gasteiger partial charge in [-0.3, -0.25) is 5.01 Å². The highest BCUT2D eigenvalue weighted by molar-refractivity contribution is 6.12. The van der Waals surface area contributed by atoms with E-state index in [9.17, 15) is 0 Å². The maximum atomic E-state index is 6.42. The molecule has 0 bridgehead atoms. The van der Waals surface area contributed by atoms with E-state index < -0.39 is 0 Å². The zero-order valence-electron chi connectivity index (χ0n) is 13.7. The highest BCUT2D eigenvalue weighted by Gasteiger charge is 2.27. The molecular weight excluding hydrogens is 308 g/mol. The fourth-order valence-electron chi connectivity index (χ4n) is 2.87. The van der Waals surface area contributed by atoms with Crippen molar-refractivity contribution in [3.63, 3.8) is 0 Å². The first-order valence-corrected chi connectivity index (χ1v) is 8.19. The molecule has 0 amide bonds. The number of rotatable bonds is 3. The second kappa shape index (κ2) is 6.71. The third kappa shape index (κ3) is 3.07. The molecule has 4 nitrogen and oxygen atoms in total. The predicted molar refractivity (Wildman–Crippen MR) is 101 cm³/mol. The summed E-state index contributed by atoms with van der Waals surface area (Å²) in [5, 5.41) is 1.64. The Morgan fingerprint density at radius 3 is 1.80 bits per heavy atom. The van der Waals surface area contributed by atoms with Crippen molar-refractivity contribution in [3.8, 4) is 0 Å². The number of hydrazine groups is 1. The number of nitrogens with zero attached hydrogens (tertiary/aromatic N) is 3. The minimum Gasteiger partial charge on any atom is -0.265 e. The molecule has 0 fully saturated rings. The van der Waals surface area contributed by atoms with Crippen LogP contribution in [-0.4, -0.2) is 16.7 Å². The van der Waals surface area contributed by atoms with Gasteiger partial charge in [-0.15, -0.1) is 0 Å². The third-order valence-corrected chi connectivity index (χ3v) is 4.13. The molecule has 0 saturated carbocycles. The maximum absolute atomic E-state index is 6.42. The number of aliphatic imine (C=N–C) groups is 2. The summed E-state index contributed by atoms with van der Waals surface area (Å²) >= 11 is 0. The molecule has 4 heteroatoms. The minimum absolute atomic E-state index is 0.316. The normalized spacial score (nSPS) is 17.0. The number of nitrogens with two attached hydrogens (primary N) is 1. The molecule has 1 atom stereocenters. The average molecular weight is 326 g/mol. The van der Waals surface area contributed by atoms with E-state index >= 15 is 0 Å². The van der Waals surface area contributed by atoms with Gasteiger partial charge in [-0.2, -0.15) is 0 Å². The van der Waals surface area contributed by atoms with Crippen molar-refractivity contribution in [3.05, 3.63) is 108 Å². The fraction of sp³-hybridized carbons (Fsp3) is 0.0476. The molecule has 0 saturated heterocycles. The van der Waals surface area contributed by atoms with Crippen LogP contribution in [0.4, 0.5) is 0 Å². The summed E-state index contributed by atoms with van der Waals surface area (Å²) in [6.07, 6.45) is -0.316. The molecule has 0 radical (unpaired) electrons. The van der Waals surface area contributed by atoms with Gasteiger partial charge in [0.2, 0.25) is 0 Å². The highest BCUT2D eigenvalue weighted by atomic mass is 15.5. The van der Waals surface area contributed by atoms with Crippen molar-refractivity contribution >= 4 is 11.7 Å². The van der Waals surface area contributed by atoms with Gasteiger partial charge in [0.1, 0.15) is 0 Å². The summed E-state index contributed by atoms with van der Waals surface area (Å²) in [6.45, 7) is 0. The first-order chi connectivity index (χ1) is 12.3. The Kier molecular flexibility index (Phi) is 4.11. The van der Waals surface area contributed by atoms with Gasteiger partial charge < -0.3 is 0 Å². The molecule has 3 aromatic carbocycles. The summed E-state index contributed by atoms with van der Waals surface area (Å²) in [5.74, 6) is 7.82. The highest BCUT2D eigenvalue weighted by Crippen LogP contribution is 2.26. The van der Waals surface area contributed by atoms with Crippen LogP contribution < -0.4 is 5.84 Å². The molecule has 25 heavy (non-hydrogen) atoms. The van der Waals surface area contributed by atoms with Gasteiger partial charge in [0.25, 0.3) is 0 Å². The van der Waals surface area contributed by atoms with Crippen LogP contribution in [0.2, 0.25) is 0 Å². The van der Waals surface area contributed by atoms with E-state index in [-0.39, 0.29) is 6.17 Å².